The highest BCUT2D eigenvalue weighted by molar-refractivity contribution is 7.51. The standard InChI is InChI=1S/C49H94NO7P/c1-7-10-12-14-16-18-20-22-24-25-26-27-29-30-32-34-36-38-40-42-48(51)55-44-46(45-56-58(53,54)47(9-3)50(4,5)6)57-49(52)43-41-39-37-35-33-31-28-23-21-19-17-15-13-11-8-2/h22-24,28,46-47H,7-21,25-27,29-45H2,1-6H3/b24-22-,28-23-/t46-,47?/m1/s1. The van der Waals surface area contributed by atoms with Gasteiger partial charge in [0.05, 0.1) is 27.7 Å². The highest BCUT2D eigenvalue weighted by Gasteiger charge is 2.34. The van der Waals surface area contributed by atoms with Gasteiger partial charge in [-0.2, -0.15) is 0 Å². The van der Waals surface area contributed by atoms with E-state index in [1.54, 1.807) is 0 Å². The number of quaternary nitrogens is 1. The van der Waals surface area contributed by atoms with Crippen LogP contribution in [0.5, 0.6) is 0 Å². The van der Waals surface area contributed by atoms with Crippen molar-refractivity contribution < 1.29 is 37.5 Å². The van der Waals surface area contributed by atoms with Gasteiger partial charge in [-0.3, -0.25) is 9.59 Å². The van der Waals surface area contributed by atoms with Crippen LogP contribution in [0.1, 0.15) is 233 Å². The summed E-state index contributed by atoms with van der Waals surface area (Å²) in [7, 11) is 1.15. The third kappa shape index (κ3) is 36.4. The van der Waals surface area contributed by atoms with E-state index < -0.39 is 25.5 Å². The summed E-state index contributed by atoms with van der Waals surface area (Å²) in [5, 5.41) is 0. The van der Waals surface area contributed by atoms with Gasteiger partial charge in [-0.25, -0.2) is 0 Å². The second kappa shape index (κ2) is 39.7. The van der Waals surface area contributed by atoms with Crippen LogP contribution in [0.15, 0.2) is 24.3 Å². The molecule has 0 aliphatic heterocycles. The average molecular weight is 840 g/mol. The Labute approximate surface area is 359 Å². The lowest BCUT2D eigenvalue weighted by atomic mass is 10.1. The normalized spacial score (nSPS) is 14.3. The second-order valence-corrected chi connectivity index (χ2v) is 19.7. The van der Waals surface area contributed by atoms with Gasteiger partial charge in [-0.05, 0) is 64.2 Å². The predicted octanol–water partition coefficient (Wildman–Crippen LogP) is 14.1. The Bertz CT molecular complexity index is 1060. The van der Waals surface area contributed by atoms with E-state index in [0.717, 1.165) is 51.4 Å². The topological polar surface area (TPSA) is 102 Å². The minimum Gasteiger partial charge on any atom is -0.774 e. The number of esters is 2. The number of ether oxygens (including phenoxy) is 2. The number of unbranched alkanes of at least 4 members (excludes halogenated alkanes) is 26. The summed E-state index contributed by atoms with van der Waals surface area (Å²) in [5.74, 6) is -1.52. The zero-order valence-electron chi connectivity index (χ0n) is 39.0. The van der Waals surface area contributed by atoms with Crippen LogP contribution in [0.2, 0.25) is 0 Å². The number of allylic oxidation sites excluding steroid dienone is 4. The van der Waals surface area contributed by atoms with Crippen molar-refractivity contribution >= 4 is 19.5 Å². The molecule has 8 nitrogen and oxygen atoms in total. The van der Waals surface area contributed by atoms with Crippen molar-refractivity contribution in [2.24, 2.45) is 0 Å². The number of carbonyl (C=O) groups is 2. The van der Waals surface area contributed by atoms with E-state index in [9.17, 15) is 19.0 Å². The van der Waals surface area contributed by atoms with Gasteiger partial charge < -0.3 is 27.9 Å². The molecule has 0 aliphatic rings. The second-order valence-electron chi connectivity index (χ2n) is 17.7. The summed E-state index contributed by atoms with van der Waals surface area (Å²) in [4.78, 5) is 38.5. The van der Waals surface area contributed by atoms with E-state index in [2.05, 4.69) is 38.2 Å². The lowest BCUT2D eigenvalue weighted by Crippen LogP contribution is -2.47. The van der Waals surface area contributed by atoms with Crippen LogP contribution < -0.4 is 4.89 Å². The summed E-state index contributed by atoms with van der Waals surface area (Å²) < 4.78 is 29.9. The Kier molecular flexibility index (Phi) is 38.6. The minimum atomic E-state index is -4.29. The Morgan fingerprint density at radius 2 is 0.862 bits per heavy atom. The number of rotatable bonds is 43. The maximum Gasteiger partial charge on any atom is 0.306 e. The lowest BCUT2D eigenvalue weighted by molar-refractivity contribution is -0.884. The van der Waals surface area contributed by atoms with Crippen LogP contribution in [0, 0.1) is 0 Å². The molecule has 0 rings (SSSR count). The SMILES string of the molecule is CCCCCCCC/C=C\CCCCCCCCCCCC(=O)OC[C@H](COP(=O)([O-])C(CC)[N+](C)(C)C)OC(=O)CCCCCCC/C=C\CCCCCCCC. The fraction of sp³-hybridized carbons (Fsp3) is 0.878. The Morgan fingerprint density at radius 1 is 0.517 bits per heavy atom. The van der Waals surface area contributed by atoms with E-state index >= 15 is 0 Å². The molecule has 0 spiro atoms. The van der Waals surface area contributed by atoms with Gasteiger partial charge in [0, 0.05) is 19.3 Å². The molecule has 0 saturated heterocycles. The van der Waals surface area contributed by atoms with Gasteiger partial charge in [0.2, 0.25) is 0 Å². The van der Waals surface area contributed by atoms with Crippen molar-refractivity contribution in [2.45, 2.75) is 245 Å². The highest BCUT2D eigenvalue weighted by atomic mass is 31.2. The van der Waals surface area contributed by atoms with E-state index in [1.165, 1.54) is 135 Å². The third-order valence-electron chi connectivity index (χ3n) is 11.1. The molecule has 0 amide bonds. The Morgan fingerprint density at radius 3 is 1.22 bits per heavy atom. The first-order valence-corrected chi connectivity index (χ1v) is 26.0. The molecule has 9 heteroatoms. The van der Waals surface area contributed by atoms with Gasteiger partial charge in [-0.15, -0.1) is 0 Å². The summed E-state index contributed by atoms with van der Waals surface area (Å²) in [6.07, 6.45) is 45.6. The highest BCUT2D eigenvalue weighted by Crippen LogP contribution is 2.47. The van der Waals surface area contributed by atoms with Crippen LogP contribution in [-0.2, 0) is 28.2 Å². The Hall–Kier alpha value is -1.47. The molecule has 0 radical (unpaired) electrons. The largest absolute Gasteiger partial charge is 0.774 e. The molecule has 0 aliphatic carbocycles. The molecule has 0 saturated carbocycles. The number of nitrogens with zero attached hydrogens (tertiary/aromatic N) is 1. The van der Waals surface area contributed by atoms with Crippen molar-refractivity contribution in [3.05, 3.63) is 24.3 Å². The average Bonchev–Trinajstić information content (AvgIpc) is 3.17. The molecule has 0 aromatic carbocycles. The molecule has 3 atom stereocenters. The molecule has 58 heavy (non-hydrogen) atoms. The lowest BCUT2D eigenvalue weighted by Gasteiger charge is -2.41. The van der Waals surface area contributed by atoms with Crippen molar-refractivity contribution in [1.29, 1.82) is 0 Å². The van der Waals surface area contributed by atoms with E-state index in [0.29, 0.717) is 19.3 Å². The van der Waals surface area contributed by atoms with Gasteiger partial charge in [0.15, 0.2) is 19.5 Å². The summed E-state index contributed by atoms with van der Waals surface area (Å²) in [6.45, 7) is 5.75. The van der Waals surface area contributed by atoms with Crippen molar-refractivity contribution in [3.8, 4) is 0 Å². The number of hydrogen-bond acceptors (Lipinski definition) is 7. The third-order valence-corrected chi connectivity index (χ3v) is 13.4. The van der Waals surface area contributed by atoms with Crippen molar-refractivity contribution in [1.82, 2.24) is 0 Å². The number of carbonyl (C=O) groups excluding carboxylic acids is 2. The van der Waals surface area contributed by atoms with Crippen LogP contribution in [0.3, 0.4) is 0 Å². The fourth-order valence-electron chi connectivity index (χ4n) is 7.47. The van der Waals surface area contributed by atoms with E-state index in [4.69, 9.17) is 14.0 Å². The van der Waals surface area contributed by atoms with Crippen LogP contribution in [0.25, 0.3) is 0 Å². The first-order chi connectivity index (χ1) is 28.0. The summed E-state index contributed by atoms with van der Waals surface area (Å²) >= 11 is 0. The first-order valence-electron chi connectivity index (χ1n) is 24.4. The molecule has 2 unspecified atom stereocenters. The van der Waals surface area contributed by atoms with Crippen molar-refractivity contribution in [2.75, 3.05) is 34.4 Å². The zero-order chi connectivity index (χ0) is 43.0. The van der Waals surface area contributed by atoms with Gasteiger partial charge >= 0.3 is 11.9 Å². The van der Waals surface area contributed by atoms with Gasteiger partial charge in [0.1, 0.15) is 6.61 Å². The van der Waals surface area contributed by atoms with Crippen LogP contribution in [0.4, 0.5) is 0 Å². The number of hydrogen-bond donors (Lipinski definition) is 0. The van der Waals surface area contributed by atoms with E-state index in [1.807, 2.05) is 28.1 Å². The molecule has 0 N–H and O–H groups in total. The molecule has 0 aromatic heterocycles. The quantitative estimate of drug-likeness (QED) is 0.0198. The molecule has 0 aromatic rings. The Balaban J connectivity index is 4.36. The van der Waals surface area contributed by atoms with Crippen LogP contribution >= 0.6 is 7.60 Å². The molecule has 0 heterocycles. The molecule has 0 bridgehead atoms. The molecule has 0 fully saturated rings. The summed E-state index contributed by atoms with van der Waals surface area (Å²) in [6, 6.07) is 0. The fourth-order valence-corrected chi connectivity index (χ4v) is 9.32. The minimum absolute atomic E-state index is 0.198. The zero-order valence-corrected chi connectivity index (χ0v) is 39.9. The first kappa shape index (κ1) is 56.5. The smallest absolute Gasteiger partial charge is 0.306 e. The molecular formula is C49H94NO7P. The van der Waals surface area contributed by atoms with Gasteiger partial charge in [-0.1, -0.05) is 173 Å². The maximum atomic E-state index is 13.1. The molecular weight excluding hydrogens is 746 g/mol. The summed E-state index contributed by atoms with van der Waals surface area (Å²) in [5.41, 5.74) is 0. The van der Waals surface area contributed by atoms with Crippen molar-refractivity contribution in [3.63, 3.8) is 0 Å². The van der Waals surface area contributed by atoms with E-state index in [-0.39, 0.29) is 30.1 Å². The molecule has 342 valence electrons. The van der Waals surface area contributed by atoms with Crippen LogP contribution in [-0.4, -0.2) is 62.7 Å². The monoisotopic (exact) mass is 840 g/mol. The van der Waals surface area contributed by atoms with Gasteiger partial charge in [0.25, 0.3) is 0 Å². The maximum absolute atomic E-state index is 13.1. The predicted molar refractivity (Wildman–Crippen MR) is 244 cm³/mol.